The third-order valence-electron chi connectivity index (χ3n) is 2.95. The highest BCUT2D eigenvalue weighted by molar-refractivity contribution is 7.99. The molecule has 0 fully saturated rings. The second-order valence-electron chi connectivity index (χ2n) is 4.94. The number of aryl methyl sites for hydroxylation is 1. The highest BCUT2D eigenvalue weighted by Gasteiger charge is 2.07. The molecule has 0 aliphatic heterocycles. The highest BCUT2D eigenvalue weighted by Crippen LogP contribution is 2.19. The van der Waals surface area contributed by atoms with Gasteiger partial charge in [0, 0.05) is 25.1 Å². The topological polar surface area (TPSA) is 46.9 Å². The number of carbonyl (C=O) groups is 1. The summed E-state index contributed by atoms with van der Waals surface area (Å²) in [7, 11) is 1.92. The van der Waals surface area contributed by atoms with Crippen molar-refractivity contribution in [3.8, 4) is 0 Å². The minimum absolute atomic E-state index is 0.0149. The molecule has 0 aliphatic rings. The number of anilines is 1. The number of nitrogens with zero attached hydrogens (tertiary/aromatic N) is 2. The van der Waals surface area contributed by atoms with E-state index in [2.05, 4.69) is 30.2 Å². The van der Waals surface area contributed by atoms with Crippen molar-refractivity contribution < 1.29 is 4.79 Å². The van der Waals surface area contributed by atoms with Gasteiger partial charge in [-0.1, -0.05) is 37.7 Å². The molecule has 106 valence electrons. The average molecular weight is 289 g/mol. The van der Waals surface area contributed by atoms with E-state index in [-0.39, 0.29) is 5.91 Å². The standard InChI is InChI=1S/C15H19N3OS/c1-11(2)12-5-4-6-13(9-12)17-14(19)10-20-15-16-7-8-18(15)3/h4-9,11H,10H2,1-3H3,(H,17,19). The van der Waals surface area contributed by atoms with Crippen LogP contribution in [0.1, 0.15) is 25.3 Å². The van der Waals surface area contributed by atoms with Gasteiger partial charge in [0.2, 0.25) is 5.91 Å². The maximum Gasteiger partial charge on any atom is 0.234 e. The summed E-state index contributed by atoms with van der Waals surface area (Å²) in [5.41, 5.74) is 2.07. The van der Waals surface area contributed by atoms with Crippen molar-refractivity contribution in [2.24, 2.45) is 7.05 Å². The second kappa shape index (κ2) is 6.61. The van der Waals surface area contributed by atoms with Crippen LogP contribution in [0.15, 0.2) is 41.8 Å². The largest absolute Gasteiger partial charge is 0.329 e. The summed E-state index contributed by atoms with van der Waals surface area (Å²) < 4.78 is 1.90. The summed E-state index contributed by atoms with van der Waals surface area (Å²) in [6.07, 6.45) is 3.60. The Morgan fingerprint density at radius 2 is 2.25 bits per heavy atom. The molecule has 1 amide bonds. The molecule has 4 nitrogen and oxygen atoms in total. The molecule has 5 heteroatoms. The zero-order valence-electron chi connectivity index (χ0n) is 12.0. The second-order valence-corrected chi connectivity index (χ2v) is 5.88. The first-order valence-electron chi connectivity index (χ1n) is 6.56. The lowest BCUT2D eigenvalue weighted by atomic mass is 10.0. The molecule has 0 unspecified atom stereocenters. The lowest BCUT2D eigenvalue weighted by Crippen LogP contribution is -2.14. The lowest BCUT2D eigenvalue weighted by Gasteiger charge is -2.09. The van der Waals surface area contributed by atoms with E-state index in [1.165, 1.54) is 17.3 Å². The van der Waals surface area contributed by atoms with Gasteiger partial charge in [0.15, 0.2) is 5.16 Å². The first kappa shape index (κ1) is 14.7. The summed E-state index contributed by atoms with van der Waals surface area (Å²) in [5.74, 6) is 0.796. The number of amides is 1. The fourth-order valence-electron chi connectivity index (χ4n) is 1.79. The molecule has 1 aromatic carbocycles. The number of thioether (sulfide) groups is 1. The SMILES string of the molecule is CC(C)c1cccc(NC(=O)CSc2nccn2C)c1. The van der Waals surface area contributed by atoms with Crippen LogP contribution in [0.5, 0.6) is 0 Å². The van der Waals surface area contributed by atoms with Gasteiger partial charge in [-0.2, -0.15) is 0 Å². The molecule has 0 saturated carbocycles. The van der Waals surface area contributed by atoms with E-state index in [1.54, 1.807) is 6.20 Å². The maximum atomic E-state index is 11.9. The Morgan fingerprint density at radius 1 is 1.45 bits per heavy atom. The average Bonchev–Trinajstić information content (AvgIpc) is 2.82. The zero-order chi connectivity index (χ0) is 14.5. The number of rotatable bonds is 5. The number of imidazole rings is 1. The Balaban J connectivity index is 1.91. The van der Waals surface area contributed by atoms with Crippen molar-refractivity contribution in [1.29, 1.82) is 0 Å². The summed E-state index contributed by atoms with van der Waals surface area (Å²) in [6.45, 7) is 4.27. The van der Waals surface area contributed by atoms with Crippen molar-refractivity contribution in [2.75, 3.05) is 11.1 Å². The van der Waals surface area contributed by atoms with Gasteiger partial charge in [-0.3, -0.25) is 4.79 Å². The van der Waals surface area contributed by atoms with E-state index in [0.29, 0.717) is 11.7 Å². The van der Waals surface area contributed by atoms with E-state index in [1.807, 2.05) is 36.0 Å². The van der Waals surface area contributed by atoms with Gasteiger partial charge in [0.05, 0.1) is 5.75 Å². The normalized spacial score (nSPS) is 10.8. The zero-order valence-corrected chi connectivity index (χ0v) is 12.8. The molecule has 20 heavy (non-hydrogen) atoms. The molecule has 1 N–H and O–H groups in total. The Hall–Kier alpha value is -1.75. The number of hydrogen-bond donors (Lipinski definition) is 1. The Bertz CT molecular complexity index is 592. The lowest BCUT2D eigenvalue weighted by molar-refractivity contribution is -0.113. The molecule has 1 aromatic heterocycles. The van der Waals surface area contributed by atoms with E-state index in [0.717, 1.165) is 10.8 Å². The van der Waals surface area contributed by atoms with E-state index in [9.17, 15) is 4.79 Å². The number of benzene rings is 1. The Morgan fingerprint density at radius 3 is 2.90 bits per heavy atom. The molecule has 2 rings (SSSR count). The predicted molar refractivity (Wildman–Crippen MR) is 83.1 cm³/mol. The summed E-state index contributed by atoms with van der Waals surface area (Å²) in [5, 5.41) is 3.77. The molecule has 0 spiro atoms. The quantitative estimate of drug-likeness (QED) is 0.859. The van der Waals surface area contributed by atoms with Crippen LogP contribution in [0.3, 0.4) is 0 Å². The van der Waals surface area contributed by atoms with Crippen LogP contribution in [0, 0.1) is 0 Å². The minimum Gasteiger partial charge on any atom is -0.329 e. The molecule has 0 saturated heterocycles. The van der Waals surface area contributed by atoms with Crippen LogP contribution in [0.2, 0.25) is 0 Å². The molecular weight excluding hydrogens is 270 g/mol. The highest BCUT2D eigenvalue weighted by atomic mass is 32.2. The maximum absolute atomic E-state index is 11.9. The number of carbonyl (C=O) groups excluding carboxylic acids is 1. The van der Waals surface area contributed by atoms with Crippen molar-refractivity contribution in [3.63, 3.8) is 0 Å². The summed E-state index contributed by atoms with van der Waals surface area (Å²) >= 11 is 1.43. The van der Waals surface area contributed by atoms with Crippen molar-refractivity contribution in [2.45, 2.75) is 24.9 Å². The number of hydrogen-bond acceptors (Lipinski definition) is 3. The first-order chi connectivity index (χ1) is 9.56. The van der Waals surface area contributed by atoms with E-state index < -0.39 is 0 Å². The van der Waals surface area contributed by atoms with Crippen LogP contribution >= 0.6 is 11.8 Å². The molecular formula is C15H19N3OS. The van der Waals surface area contributed by atoms with Gasteiger partial charge < -0.3 is 9.88 Å². The Labute approximate surface area is 123 Å². The predicted octanol–water partition coefficient (Wildman–Crippen LogP) is 3.27. The van der Waals surface area contributed by atoms with Crippen LogP contribution in [-0.2, 0) is 11.8 Å². The van der Waals surface area contributed by atoms with Crippen LogP contribution in [0.25, 0.3) is 0 Å². The molecule has 2 aromatic rings. The number of nitrogens with one attached hydrogen (secondary N) is 1. The Kier molecular flexibility index (Phi) is 4.84. The van der Waals surface area contributed by atoms with Gasteiger partial charge in [-0.05, 0) is 23.6 Å². The minimum atomic E-state index is -0.0149. The molecule has 0 atom stereocenters. The fourth-order valence-corrected chi connectivity index (χ4v) is 2.53. The van der Waals surface area contributed by atoms with Crippen LogP contribution in [-0.4, -0.2) is 21.2 Å². The van der Waals surface area contributed by atoms with Crippen molar-refractivity contribution in [3.05, 3.63) is 42.2 Å². The molecule has 0 aliphatic carbocycles. The molecule has 0 bridgehead atoms. The monoisotopic (exact) mass is 289 g/mol. The van der Waals surface area contributed by atoms with Gasteiger partial charge in [-0.25, -0.2) is 4.98 Å². The smallest absolute Gasteiger partial charge is 0.234 e. The fraction of sp³-hybridized carbons (Fsp3) is 0.333. The number of aromatic nitrogens is 2. The van der Waals surface area contributed by atoms with Crippen molar-refractivity contribution >= 4 is 23.4 Å². The first-order valence-corrected chi connectivity index (χ1v) is 7.54. The third-order valence-corrected chi connectivity index (χ3v) is 4.00. The van der Waals surface area contributed by atoms with E-state index >= 15 is 0 Å². The van der Waals surface area contributed by atoms with Gasteiger partial charge in [0.25, 0.3) is 0 Å². The van der Waals surface area contributed by atoms with Crippen LogP contribution in [0.4, 0.5) is 5.69 Å². The van der Waals surface area contributed by atoms with E-state index in [4.69, 9.17) is 0 Å². The third kappa shape index (κ3) is 3.87. The van der Waals surface area contributed by atoms with Gasteiger partial charge >= 0.3 is 0 Å². The molecule has 0 radical (unpaired) electrons. The van der Waals surface area contributed by atoms with Crippen molar-refractivity contribution in [1.82, 2.24) is 9.55 Å². The molecule has 1 heterocycles. The van der Waals surface area contributed by atoms with Crippen LogP contribution < -0.4 is 5.32 Å². The van der Waals surface area contributed by atoms with Gasteiger partial charge in [0.1, 0.15) is 0 Å². The summed E-state index contributed by atoms with van der Waals surface area (Å²) in [4.78, 5) is 16.1. The summed E-state index contributed by atoms with van der Waals surface area (Å²) in [6, 6.07) is 7.98. The van der Waals surface area contributed by atoms with Gasteiger partial charge in [-0.15, -0.1) is 0 Å².